The SMILES string of the molecule is Cl.NCC1CCCN1C(=O)c1cn(-c2ccccc2)nn1. The van der Waals surface area contributed by atoms with Gasteiger partial charge in [-0.3, -0.25) is 4.79 Å². The molecule has 2 heterocycles. The van der Waals surface area contributed by atoms with Gasteiger partial charge in [-0.25, -0.2) is 4.68 Å². The highest BCUT2D eigenvalue weighted by Gasteiger charge is 2.29. The molecule has 1 aliphatic heterocycles. The molecule has 1 unspecified atom stereocenters. The van der Waals surface area contributed by atoms with Gasteiger partial charge in [0.15, 0.2) is 5.69 Å². The van der Waals surface area contributed by atoms with Crippen molar-refractivity contribution in [3.05, 3.63) is 42.2 Å². The van der Waals surface area contributed by atoms with Crippen LogP contribution in [-0.4, -0.2) is 44.9 Å². The van der Waals surface area contributed by atoms with Gasteiger partial charge in [-0.2, -0.15) is 0 Å². The summed E-state index contributed by atoms with van der Waals surface area (Å²) in [7, 11) is 0. The summed E-state index contributed by atoms with van der Waals surface area (Å²) >= 11 is 0. The van der Waals surface area contributed by atoms with E-state index in [4.69, 9.17) is 5.73 Å². The number of aromatic nitrogens is 3. The van der Waals surface area contributed by atoms with Gasteiger partial charge in [0.05, 0.1) is 11.9 Å². The Morgan fingerprint density at radius 3 is 2.81 bits per heavy atom. The second-order valence-corrected chi connectivity index (χ2v) is 4.91. The van der Waals surface area contributed by atoms with Crippen molar-refractivity contribution in [2.24, 2.45) is 5.73 Å². The maximum absolute atomic E-state index is 12.4. The average Bonchev–Trinajstić information content (AvgIpc) is 3.16. The molecule has 0 radical (unpaired) electrons. The molecule has 0 aliphatic carbocycles. The number of nitrogens with two attached hydrogens (primary N) is 1. The third kappa shape index (κ3) is 3.06. The minimum Gasteiger partial charge on any atom is -0.333 e. The van der Waals surface area contributed by atoms with Crippen LogP contribution in [0.4, 0.5) is 0 Å². The zero-order valence-corrected chi connectivity index (χ0v) is 12.4. The quantitative estimate of drug-likeness (QED) is 0.926. The lowest BCUT2D eigenvalue weighted by atomic mass is 10.2. The molecule has 1 saturated heterocycles. The van der Waals surface area contributed by atoms with Crippen molar-refractivity contribution in [2.75, 3.05) is 13.1 Å². The van der Waals surface area contributed by atoms with Crippen LogP contribution in [0.5, 0.6) is 0 Å². The van der Waals surface area contributed by atoms with Gasteiger partial charge < -0.3 is 10.6 Å². The molecule has 0 saturated carbocycles. The van der Waals surface area contributed by atoms with E-state index >= 15 is 0 Å². The Morgan fingerprint density at radius 2 is 2.10 bits per heavy atom. The monoisotopic (exact) mass is 307 g/mol. The summed E-state index contributed by atoms with van der Waals surface area (Å²) in [5, 5.41) is 8.00. The van der Waals surface area contributed by atoms with Gasteiger partial charge in [-0.15, -0.1) is 17.5 Å². The second kappa shape index (κ2) is 6.69. The van der Waals surface area contributed by atoms with Gasteiger partial charge in [0, 0.05) is 19.1 Å². The zero-order chi connectivity index (χ0) is 13.9. The van der Waals surface area contributed by atoms with Gasteiger partial charge >= 0.3 is 0 Å². The van der Waals surface area contributed by atoms with Crippen LogP contribution in [0.1, 0.15) is 23.3 Å². The van der Waals surface area contributed by atoms with E-state index in [1.165, 1.54) is 0 Å². The number of carbonyl (C=O) groups is 1. The van der Waals surface area contributed by atoms with E-state index in [9.17, 15) is 4.79 Å². The molecule has 7 heteroatoms. The molecule has 2 N–H and O–H groups in total. The summed E-state index contributed by atoms with van der Waals surface area (Å²) in [6.45, 7) is 1.25. The van der Waals surface area contributed by atoms with Gasteiger partial charge in [0.25, 0.3) is 5.91 Å². The lowest BCUT2D eigenvalue weighted by molar-refractivity contribution is 0.0735. The van der Waals surface area contributed by atoms with Crippen LogP contribution in [0.3, 0.4) is 0 Å². The topological polar surface area (TPSA) is 77.0 Å². The van der Waals surface area contributed by atoms with Crippen LogP contribution >= 0.6 is 12.4 Å². The largest absolute Gasteiger partial charge is 0.333 e. The molecule has 1 fully saturated rings. The average molecular weight is 308 g/mol. The highest BCUT2D eigenvalue weighted by atomic mass is 35.5. The summed E-state index contributed by atoms with van der Waals surface area (Å²) in [6, 6.07) is 9.74. The molecule has 0 bridgehead atoms. The standard InChI is InChI=1S/C14H17N5O.ClH/c15-9-12-7-4-8-18(12)14(20)13-10-19(17-16-13)11-5-2-1-3-6-11;/h1-3,5-6,10,12H,4,7-9,15H2;1H. The Balaban J connectivity index is 0.00000161. The van der Waals surface area contributed by atoms with Crippen LogP contribution in [0.2, 0.25) is 0 Å². The van der Waals surface area contributed by atoms with E-state index in [-0.39, 0.29) is 24.4 Å². The maximum Gasteiger partial charge on any atom is 0.276 e. The highest BCUT2D eigenvalue weighted by molar-refractivity contribution is 5.92. The molecule has 1 amide bonds. The predicted molar refractivity (Wildman–Crippen MR) is 81.7 cm³/mol. The van der Waals surface area contributed by atoms with E-state index in [1.54, 1.807) is 15.8 Å². The number of carbonyl (C=O) groups excluding carboxylic acids is 1. The lowest BCUT2D eigenvalue weighted by Gasteiger charge is -2.22. The molecule has 1 aromatic heterocycles. The number of likely N-dealkylation sites (tertiary alicyclic amines) is 1. The minimum atomic E-state index is -0.0832. The van der Waals surface area contributed by atoms with Crippen molar-refractivity contribution in [3.63, 3.8) is 0 Å². The van der Waals surface area contributed by atoms with Gasteiger partial charge in [-0.1, -0.05) is 23.4 Å². The third-order valence-corrected chi connectivity index (χ3v) is 3.64. The molecule has 0 spiro atoms. The summed E-state index contributed by atoms with van der Waals surface area (Å²) in [5.74, 6) is -0.0832. The van der Waals surface area contributed by atoms with Crippen molar-refractivity contribution in [1.82, 2.24) is 19.9 Å². The zero-order valence-electron chi connectivity index (χ0n) is 11.6. The molecular weight excluding hydrogens is 290 g/mol. The third-order valence-electron chi connectivity index (χ3n) is 3.64. The van der Waals surface area contributed by atoms with E-state index in [0.29, 0.717) is 12.2 Å². The number of rotatable bonds is 3. The number of benzene rings is 1. The fraction of sp³-hybridized carbons (Fsp3) is 0.357. The Labute approximate surface area is 129 Å². The molecule has 21 heavy (non-hydrogen) atoms. The Hall–Kier alpha value is -1.92. The fourth-order valence-corrected chi connectivity index (χ4v) is 2.56. The summed E-state index contributed by atoms with van der Waals surface area (Å²) in [5.41, 5.74) is 6.96. The number of hydrogen-bond donors (Lipinski definition) is 1. The molecule has 2 aromatic rings. The van der Waals surface area contributed by atoms with E-state index in [2.05, 4.69) is 10.3 Å². The van der Waals surface area contributed by atoms with Gasteiger partial charge in [0.2, 0.25) is 0 Å². The summed E-state index contributed by atoms with van der Waals surface area (Å²) < 4.78 is 1.61. The minimum absolute atomic E-state index is 0. The number of hydrogen-bond acceptors (Lipinski definition) is 4. The van der Waals surface area contributed by atoms with E-state index < -0.39 is 0 Å². The first-order valence-electron chi connectivity index (χ1n) is 6.78. The molecule has 1 aromatic carbocycles. The molecule has 112 valence electrons. The maximum atomic E-state index is 12.4. The smallest absolute Gasteiger partial charge is 0.276 e. The second-order valence-electron chi connectivity index (χ2n) is 4.91. The predicted octanol–water partition coefficient (Wildman–Crippen LogP) is 1.25. The van der Waals surface area contributed by atoms with Crippen LogP contribution < -0.4 is 5.73 Å². The van der Waals surface area contributed by atoms with Crippen LogP contribution in [0.25, 0.3) is 5.69 Å². The number of halogens is 1. The Kier molecular flexibility index (Phi) is 4.93. The van der Waals surface area contributed by atoms with Crippen molar-refractivity contribution < 1.29 is 4.79 Å². The first-order chi connectivity index (χ1) is 9.79. The molecule has 6 nitrogen and oxygen atoms in total. The molecule has 1 atom stereocenters. The normalized spacial score (nSPS) is 17.6. The van der Waals surface area contributed by atoms with Crippen molar-refractivity contribution in [2.45, 2.75) is 18.9 Å². The first kappa shape index (κ1) is 15.5. The van der Waals surface area contributed by atoms with Crippen LogP contribution in [0.15, 0.2) is 36.5 Å². The number of nitrogens with zero attached hydrogens (tertiary/aromatic N) is 4. The summed E-state index contributed by atoms with van der Waals surface area (Å²) in [6.07, 6.45) is 3.64. The van der Waals surface area contributed by atoms with Crippen molar-refractivity contribution in [1.29, 1.82) is 0 Å². The van der Waals surface area contributed by atoms with Crippen molar-refractivity contribution in [3.8, 4) is 5.69 Å². The van der Waals surface area contributed by atoms with Gasteiger partial charge in [-0.05, 0) is 25.0 Å². The highest BCUT2D eigenvalue weighted by Crippen LogP contribution is 2.18. The first-order valence-corrected chi connectivity index (χ1v) is 6.78. The number of amides is 1. The molecular formula is C14H18ClN5O. The number of para-hydroxylation sites is 1. The van der Waals surface area contributed by atoms with Crippen molar-refractivity contribution >= 4 is 18.3 Å². The fourth-order valence-electron chi connectivity index (χ4n) is 2.56. The van der Waals surface area contributed by atoms with E-state index in [1.807, 2.05) is 30.3 Å². The molecule has 1 aliphatic rings. The van der Waals surface area contributed by atoms with Gasteiger partial charge in [0.1, 0.15) is 0 Å². The Bertz CT molecular complexity index is 600. The van der Waals surface area contributed by atoms with Crippen LogP contribution in [-0.2, 0) is 0 Å². The van der Waals surface area contributed by atoms with E-state index in [0.717, 1.165) is 25.1 Å². The lowest BCUT2D eigenvalue weighted by Crippen LogP contribution is -2.40. The summed E-state index contributed by atoms with van der Waals surface area (Å²) in [4.78, 5) is 14.2. The molecule has 3 rings (SSSR count). The Morgan fingerprint density at radius 1 is 1.33 bits per heavy atom. The van der Waals surface area contributed by atoms with Crippen LogP contribution in [0, 0.1) is 0 Å².